The van der Waals surface area contributed by atoms with Crippen molar-refractivity contribution in [3.8, 4) is 0 Å². The van der Waals surface area contributed by atoms with Gasteiger partial charge in [0.2, 0.25) is 0 Å². The molecule has 1 aliphatic rings. The number of hydrogen-bond acceptors (Lipinski definition) is 2. The lowest BCUT2D eigenvalue weighted by molar-refractivity contribution is -0.127. The van der Waals surface area contributed by atoms with Crippen molar-refractivity contribution in [1.82, 2.24) is 0 Å². The van der Waals surface area contributed by atoms with Gasteiger partial charge in [0.05, 0.1) is 0 Å². The van der Waals surface area contributed by atoms with Crippen LogP contribution in [0.15, 0.2) is 0 Å². The molecule has 0 radical (unpaired) electrons. The van der Waals surface area contributed by atoms with Gasteiger partial charge in [-0.15, -0.1) is 0 Å². The van der Waals surface area contributed by atoms with Crippen LogP contribution in [0.4, 0.5) is 0 Å². The van der Waals surface area contributed by atoms with Crippen LogP contribution in [-0.2, 0) is 4.79 Å². The molecular formula is C9H15NO. The van der Waals surface area contributed by atoms with E-state index in [2.05, 4.69) is 0 Å². The quantitative estimate of drug-likeness (QED) is 0.568. The molecule has 2 nitrogen and oxygen atoms in total. The van der Waals surface area contributed by atoms with E-state index in [0.717, 1.165) is 6.42 Å². The Kier molecular flexibility index (Phi) is 1.87. The number of ketones is 1. The van der Waals surface area contributed by atoms with E-state index in [0.29, 0.717) is 18.1 Å². The van der Waals surface area contributed by atoms with Gasteiger partial charge in [0.1, 0.15) is 5.78 Å². The molecule has 0 saturated heterocycles. The zero-order chi connectivity index (χ0) is 8.65. The molecule has 1 aliphatic carbocycles. The van der Waals surface area contributed by atoms with E-state index < -0.39 is 0 Å². The van der Waals surface area contributed by atoms with Gasteiger partial charge in [0.15, 0.2) is 0 Å². The largest absolute Gasteiger partial charge is 0.309 e. The molecule has 1 atom stereocenters. The van der Waals surface area contributed by atoms with Crippen LogP contribution in [0.2, 0.25) is 0 Å². The normalized spacial score (nSPS) is 30.6. The van der Waals surface area contributed by atoms with E-state index >= 15 is 0 Å². The molecule has 11 heavy (non-hydrogen) atoms. The van der Waals surface area contributed by atoms with E-state index in [1.807, 2.05) is 20.8 Å². The van der Waals surface area contributed by atoms with E-state index in [1.165, 1.54) is 0 Å². The fourth-order valence-corrected chi connectivity index (χ4v) is 1.59. The molecular weight excluding hydrogens is 138 g/mol. The fraction of sp³-hybridized carbons (Fsp3) is 0.778. The molecule has 0 aromatic rings. The standard InChI is InChI=1S/C9H15NO/c1-6-5-9(2,3)8(11)4-7(6)10/h6,10H,4-5H2,1-3H3. The minimum absolute atomic E-state index is 0.191. The molecule has 1 rings (SSSR count). The first-order chi connectivity index (χ1) is 4.93. The topological polar surface area (TPSA) is 40.9 Å². The number of carbonyl (C=O) groups is 1. The average molecular weight is 153 g/mol. The Balaban J connectivity index is 2.79. The van der Waals surface area contributed by atoms with Gasteiger partial charge in [-0.25, -0.2) is 0 Å². The maximum absolute atomic E-state index is 11.3. The van der Waals surface area contributed by atoms with Gasteiger partial charge in [0.25, 0.3) is 0 Å². The number of nitrogens with one attached hydrogen (secondary N) is 1. The molecule has 0 aromatic heterocycles. The minimum Gasteiger partial charge on any atom is -0.309 e. The highest BCUT2D eigenvalue weighted by molar-refractivity contribution is 6.05. The summed E-state index contributed by atoms with van der Waals surface area (Å²) in [5.74, 6) is 0.517. The van der Waals surface area contributed by atoms with Crippen molar-refractivity contribution >= 4 is 11.5 Å². The van der Waals surface area contributed by atoms with Gasteiger partial charge >= 0.3 is 0 Å². The highest BCUT2D eigenvalue weighted by atomic mass is 16.1. The van der Waals surface area contributed by atoms with Gasteiger partial charge in [0, 0.05) is 17.5 Å². The monoisotopic (exact) mass is 153 g/mol. The molecule has 0 spiro atoms. The number of rotatable bonds is 0. The smallest absolute Gasteiger partial charge is 0.144 e. The molecule has 0 aromatic carbocycles. The van der Waals surface area contributed by atoms with Crippen LogP contribution in [0.3, 0.4) is 0 Å². The Labute approximate surface area is 67.5 Å². The van der Waals surface area contributed by atoms with E-state index in [1.54, 1.807) is 0 Å². The third kappa shape index (κ3) is 1.50. The van der Waals surface area contributed by atoms with Crippen molar-refractivity contribution in [2.45, 2.75) is 33.6 Å². The van der Waals surface area contributed by atoms with Crippen LogP contribution in [0.1, 0.15) is 33.6 Å². The summed E-state index contributed by atoms with van der Waals surface area (Å²) in [6.07, 6.45) is 1.21. The third-order valence-corrected chi connectivity index (χ3v) is 2.52. The van der Waals surface area contributed by atoms with Gasteiger partial charge in [-0.3, -0.25) is 4.79 Å². The van der Waals surface area contributed by atoms with Crippen molar-refractivity contribution in [2.75, 3.05) is 0 Å². The summed E-state index contributed by atoms with van der Waals surface area (Å²) < 4.78 is 0. The Morgan fingerprint density at radius 3 is 2.55 bits per heavy atom. The minimum atomic E-state index is -0.191. The molecule has 2 heteroatoms. The van der Waals surface area contributed by atoms with Crippen molar-refractivity contribution in [2.24, 2.45) is 11.3 Å². The van der Waals surface area contributed by atoms with Crippen LogP contribution in [-0.4, -0.2) is 11.5 Å². The third-order valence-electron chi connectivity index (χ3n) is 2.52. The molecule has 0 amide bonds. The van der Waals surface area contributed by atoms with Crippen molar-refractivity contribution < 1.29 is 4.79 Å². The zero-order valence-corrected chi connectivity index (χ0v) is 7.40. The summed E-state index contributed by atoms with van der Waals surface area (Å²) in [7, 11) is 0. The lowest BCUT2D eigenvalue weighted by Gasteiger charge is -2.32. The van der Waals surface area contributed by atoms with E-state index in [-0.39, 0.29) is 11.2 Å². The van der Waals surface area contributed by atoms with E-state index in [4.69, 9.17) is 5.41 Å². The van der Waals surface area contributed by atoms with E-state index in [9.17, 15) is 4.79 Å². The van der Waals surface area contributed by atoms with Crippen LogP contribution in [0, 0.1) is 16.7 Å². The second-order valence-corrected chi connectivity index (χ2v) is 4.11. The summed E-state index contributed by atoms with van der Waals surface area (Å²) in [6, 6.07) is 0. The summed E-state index contributed by atoms with van der Waals surface area (Å²) >= 11 is 0. The Bertz CT molecular complexity index is 206. The first-order valence-electron chi connectivity index (χ1n) is 4.04. The van der Waals surface area contributed by atoms with Crippen LogP contribution >= 0.6 is 0 Å². The van der Waals surface area contributed by atoms with Gasteiger partial charge in [-0.1, -0.05) is 20.8 Å². The molecule has 1 unspecified atom stereocenters. The lowest BCUT2D eigenvalue weighted by atomic mass is 9.71. The second-order valence-electron chi connectivity index (χ2n) is 4.11. The molecule has 1 fully saturated rings. The Morgan fingerprint density at radius 2 is 2.09 bits per heavy atom. The average Bonchev–Trinajstić information content (AvgIpc) is 1.83. The predicted octanol–water partition coefficient (Wildman–Crippen LogP) is 2.03. The first-order valence-corrected chi connectivity index (χ1v) is 4.04. The number of Topliss-reactive ketones (excluding diaryl/α,β-unsaturated/α-hetero) is 1. The second kappa shape index (κ2) is 2.43. The maximum atomic E-state index is 11.3. The lowest BCUT2D eigenvalue weighted by Crippen LogP contribution is -2.36. The summed E-state index contributed by atoms with van der Waals surface area (Å²) in [5.41, 5.74) is 0.415. The number of carbonyl (C=O) groups excluding carboxylic acids is 1. The van der Waals surface area contributed by atoms with Crippen LogP contribution in [0.5, 0.6) is 0 Å². The Hall–Kier alpha value is -0.660. The fourth-order valence-electron chi connectivity index (χ4n) is 1.59. The maximum Gasteiger partial charge on any atom is 0.144 e. The number of hydrogen-bond donors (Lipinski definition) is 1. The van der Waals surface area contributed by atoms with Crippen molar-refractivity contribution in [1.29, 1.82) is 5.41 Å². The predicted molar refractivity (Wildman–Crippen MR) is 44.9 cm³/mol. The van der Waals surface area contributed by atoms with Crippen molar-refractivity contribution in [3.05, 3.63) is 0 Å². The molecule has 0 aliphatic heterocycles. The SMILES string of the molecule is CC1CC(C)(C)C(=O)CC1=N. The summed E-state index contributed by atoms with van der Waals surface area (Å²) in [6.45, 7) is 5.97. The molecule has 1 N–H and O–H groups in total. The van der Waals surface area contributed by atoms with Gasteiger partial charge in [-0.05, 0) is 12.3 Å². The van der Waals surface area contributed by atoms with Crippen LogP contribution < -0.4 is 0 Å². The van der Waals surface area contributed by atoms with Crippen LogP contribution in [0.25, 0.3) is 0 Å². The highest BCUT2D eigenvalue weighted by Gasteiger charge is 2.36. The summed E-state index contributed by atoms with van der Waals surface area (Å²) in [4.78, 5) is 11.3. The molecule has 0 heterocycles. The Morgan fingerprint density at radius 1 is 1.55 bits per heavy atom. The molecule has 0 bridgehead atoms. The van der Waals surface area contributed by atoms with Crippen molar-refractivity contribution in [3.63, 3.8) is 0 Å². The van der Waals surface area contributed by atoms with Gasteiger partial charge in [-0.2, -0.15) is 0 Å². The molecule has 1 saturated carbocycles. The highest BCUT2D eigenvalue weighted by Crippen LogP contribution is 2.33. The van der Waals surface area contributed by atoms with Gasteiger partial charge < -0.3 is 5.41 Å². The zero-order valence-electron chi connectivity index (χ0n) is 7.40. The molecule has 62 valence electrons. The first kappa shape index (κ1) is 8.44. The summed E-state index contributed by atoms with van der Waals surface area (Å²) in [5, 5.41) is 7.48.